The summed E-state index contributed by atoms with van der Waals surface area (Å²) in [5.74, 6) is -0.837. The molecule has 3 rings (SSSR count). The third-order valence-electron chi connectivity index (χ3n) is 3.96. The molecule has 0 fully saturated rings. The Morgan fingerprint density at radius 2 is 1.89 bits per heavy atom. The molecule has 0 spiro atoms. The van der Waals surface area contributed by atoms with E-state index in [1.807, 2.05) is 36.4 Å². The minimum Gasteiger partial charge on any atom is -0.453 e. The number of aliphatic hydroxyl groups excluding tert-OH is 1. The molecule has 1 heterocycles. The van der Waals surface area contributed by atoms with Crippen LogP contribution in [0.4, 0.5) is 4.39 Å². The van der Waals surface area contributed by atoms with Gasteiger partial charge >= 0.3 is 0 Å². The Balaban J connectivity index is 1.86. The number of nitrogens with one attached hydrogen (secondary N) is 1. The second-order valence-corrected chi connectivity index (χ2v) is 6.74. The molecule has 0 saturated carbocycles. The summed E-state index contributed by atoms with van der Waals surface area (Å²) in [4.78, 5) is 0. The topological polar surface area (TPSA) is 65.3 Å². The molecule has 0 radical (unpaired) electrons. The zero-order chi connectivity index (χ0) is 19.4. The van der Waals surface area contributed by atoms with Gasteiger partial charge in [0.2, 0.25) is 0 Å². The smallest absolute Gasteiger partial charge is 0.186 e. The molecule has 1 unspecified atom stereocenters. The Morgan fingerprint density at radius 3 is 2.59 bits per heavy atom. The number of rotatable bonds is 5. The lowest BCUT2D eigenvalue weighted by Crippen LogP contribution is -2.34. The quantitative estimate of drug-likeness (QED) is 0.752. The molecule has 2 aromatic carbocycles. The van der Waals surface area contributed by atoms with Gasteiger partial charge < -0.3 is 15.2 Å². The van der Waals surface area contributed by atoms with Crippen molar-refractivity contribution in [2.24, 2.45) is 0 Å². The number of aliphatic hydroxyl groups is 1. The Bertz CT molecular complexity index is 952. The van der Waals surface area contributed by atoms with E-state index in [1.54, 1.807) is 0 Å². The Hall–Kier alpha value is -2.52. The van der Waals surface area contributed by atoms with Crippen molar-refractivity contribution in [2.45, 2.75) is 19.1 Å². The van der Waals surface area contributed by atoms with E-state index in [4.69, 9.17) is 33.2 Å². The normalized spacial score (nSPS) is 16.8. The van der Waals surface area contributed by atoms with Crippen LogP contribution in [0, 0.1) is 11.3 Å². The number of hydrogen-bond acceptors (Lipinski definition) is 4. The first-order valence-electron chi connectivity index (χ1n) is 8.13. The van der Waals surface area contributed by atoms with Gasteiger partial charge in [-0.25, -0.2) is 4.39 Å². The van der Waals surface area contributed by atoms with Crippen molar-refractivity contribution in [1.29, 1.82) is 5.26 Å². The summed E-state index contributed by atoms with van der Waals surface area (Å²) >= 11 is 12.0. The summed E-state index contributed by atoms with van der Waals surface area (Å²) in [7, 11) is 0. The van der Waals surface area contributed by atoms with Gasteiger partial charge in [-0.1, -0.05) is 53.5 Å². The van der Waals surface area contributed by atoms with Gasteiger partial charge in [0.1, 0.15) is 10.8 Å². The molecular formula is C20H15Cl2FN2O2. The number of ether oxygens (including phenoxy) is 1. The number of allylic oxidation sites excluding steroid dienone is 2. The monoisotopic (exact) mass is 404 g/mol. The average Bonchev–Trinajstić information content (AvgIpc) is 2.67. The van der Waals surface area contributed by atoms with Gasteiger partial charge in [-0.2, -0.15) is 5.26 Å². The molecule has 138 valence electrons. The van der Waals surface area contributed by atoms with Crippen molar-refractivity contribution >= 4 is 23.2 Å². The van der Waals surface area contributed by atoms with Crippen LogP contribution in [0.15, 0.2) is 70.8 Å². The summed E-state index contributed by atoms with van der Waals surface area (Å²) in [6.07, 6.45) is -0.395. The molecule has 1 aliphatic rings. The zero-order valence-corrected chi connectivity index (χ0v) is 15.6. The Morgan fingerprint density at radius 1 is 1.15 bits per heavy atom. The predicted octanol–water partition coefficient (Wildman–Crippen LogP) is 4.78. The fraction of sp³-hybridized carbons (Fsp3) is 0.150. The summed E-state index contributed by atoms with van der Waals surface area (Å²) in [6, 6.07) is 15.8. The fourth-order valence-electron chi connectivity index (χ4n) is 2.65. The molecular weight excluding hydrogens is 390 g/mol. The lowest BCUT2D eigenvalue weighted by molar-refractivity contribution is 0.177. The van der Waals surface area contributed by atoms with Crippen LogP contribution in [0.25, 0.3) is 0 Å². The molecule has 2 N–H and O–H groups in total. The third-order valence-corrected chi connectivity index (χ3v) is 4.56. The van der Waals surface area contributed by atoms with Crippen molar-refractivity contribution < 1.29 is 14.2 Å². The van der Waals surface area contributed by atoms with Crippen molar-refractivity contribution in [2.75, 3.05) is 0 Å². The van der Waals surface area contributed by atoms with Gasteiger partial charge in [0.05, 0.1) is 17.3 Å². The average molecular weight is 405 g/mol. The molecule has 0 aliphatic carbocycles. The fourth-order valence-corrected chi connectivity index (χ4v) is 3.05. The van der Waals surface area contributed by atoms with Gasteiger partial charge in [-0.3, -0.25) is 0 Å². The van der Waals surface area contributed by atoms with Crippen LogP contribution < -0.4 is 10.1 Å². The number of aryl methyl sites for hydroxylation is 1. The maximum Gasteiger partial charge on any atom is 0.186 e. The first-order chi connectivity index (χ1) is 13.0. The maximum atomic E-state index is 14.9. The molecule has 2 aromatic rings. The highest BCUT2D eigenvalue weighted by Gasteiger charge is 2.29. The molecule has 0 aromatic heterocycles. The summed E-state index contributed by atoms with van der Waals surface area (Å²) < 4.78 is 20.5. The standard InChI is InChI=1S/C20H15Cl2FN2O2/c21-14-8-13(11-24)9-15(10-14)27-19-17(22)20(26)25-16(18(19)23)7-6-12-4-2-1-3-5-12/h1-5,8-10,20,25-26H,6-7H2. The van der Waals surface area contributed by atoms with E-state index in [2.05, 4.69) is 5.32 Å². The predicted molar refractivity (Wildman–Crippen MR) is 102 cm³/mol. The van der Waals surface area contributed by atoms with Crippen LogP contribution in [0.2, 0.25) is 5.02 Å². The van der Waals surface area contributed by atoms with E-state index < -0.39 is 12.1 Å². The van der Waals surface area contributed by atoms with Crippen LogP contribution in [0.3, 0.4) is 0 Å². The Kier molecular flexibility index (Phi) is 6.02. The molecule has 4 nitrogen and oxygen atoms in total. The second-order valence-electron chi connectivity index (χ2n) is 5.89. The van der Waals surface area contributed by atoms with Crippen LogP contribution >= 0.6 is 23.2 Å². The zero-order valence-electron chi connectivity index (χ0n) is 14.0. The molecule has 0 saturated heterocycles. The lowest BCUT2D eigenvalue weighted by atomic mass is 10.1. The molecule has 0 bridgehead atoms. The van der Waals surface area contributed by atoms with Gasteiger partial charge in [0.25, 0.3) is 0 Å². The van der Waals surface area contributed by atoms with E-state index in [0.29, 0.717) is 12.8 Å². The SMILES string of the molecule is N#Cc1cc(Cl)cc(OC2=C(Cl)C(O)NC(CCc3ccccc3)=C2F)c1. The number of hydrogen-bond donors (Lipinski definition) is 2. The van der Waals surface area contributed by atoms with Gasteiger partial charge in [0.15, 0.2) is 17.8 Å². The van der Waals surface area contributed by atoms with Crippen LogP contribution in [-0.2, 0) is 6.42 Å². The molecule has 1 atom stereocenters. The Labute approximate surface area is 166 Å². The number of benzene rings is 2. The maximum absolute atomic E-state index is 14.9. The molecule has 7 heteroatoms. The van der Waals surface area contributed by atoms with Crippen LogP contribution in [0.5, 0.6) is 5.75 Å². The van der Waals surface area contributed by atoms with Crippen molar-refractivity contribution in [3.63, 3.8) is 0 Å². The van der Waals surface area contributed by atoms with E-state index in [1.165, 1.54) is 18.2 Å². The van der Waals surface area contributed by atoms with Crippen molar-refractivity contribution in [3.05, 3.63) is 87.0 Å². The molecule has 1 aliphatic heterocycles. The van der Waals surface area contributed by atoms with Crippen LogP contribution in [-0.4, -0.2) is 11.3 Å². The highest BCUT2D eigenvalue weighted by atomic mass is 35.5. The van der Waals surface area contributed by atoms with Crippen molar-refractivity contribution in [3.8, 4) is 11.8 Å². The van der Waals surface area contributed by atoms with Gasteiger partial charge in [-0.05, 0) is 36.6 Å². The molecule has 0 amide bonds. The summed E-state index contributed by atoms with van der Waals surface area (Å²) in [6.45, 7) is 0. The first-order valence-corrected chi connectivity index (χ1v) is 8.89. The number of nitrogens with zero attached hydrogens (tertiary/aromatic N) is 1. The van der Waals surface area contributed by atoms with E-state index in [0.717, 1.165) is 5.56 Å². The van der Waals surface area contributed by atoms with Gasteiger partial charge in [0, 0.05) is 5.02 Å². The largest absolute Gasteiger partial charge is 0.453 e. The van der Waals surface area contributed by atoms with Crippen molar-refractivity contribution in [1.82, 2.24) is 5.32 Å². The molecule has 27 heavy (non-hydrogen) atoms. The first kappa shape index (κ1) is 19.2. The summed E-state index contributed by atoms with van der Waals surface area (Å²) in [5.41, 5.74) is 1.48. The van der Waals surface area contributed by atoms with E-state index in [9.17, 15) is 9.50 Å². The third kappa shape index (κ3) is 4.61. The highest BCUT2D eigenvalue weighted by Crippen LogP contribution is 2.33. The second kappa shape index (κ2) is 8.45. The minimum absolute atomic E-state index is 0.152. The van der Waals surface area contributed by atoms with E-state index >= 15 is 0 Å². The van der Waals surface area contributed by atoms with Gasteiger partial charge in [-0.15, -0.1) is 0 Å². The van der Waals surface area contributed by atoms with Crippen LogP contribution in [0.1, 0.15) is 17.5 Å². The number of nitriles is 1. The minimum atomic E-state index is -1.29. The number of dihydropyridines is 1. The van der Waals surface area contributed by atoms with E-state index in [-0.39, 0.29) is 32.8 Å². The summed E-state index contributed by atoms with van der Waals surface area (Å²) in [5, 5.41) is 21.8. The number of halogens is 3. The highest BCUT2D eigenvalue weighted by molar-refractivity contribution is 6.31. The lowest BCUT2D eigenvalue weighted by Gasteiger charge is -2.25.